The van der Waals surface area contributed by atoms with Crippen LogP contribution in [0.1, 0.15) is 12.2 Å². The molecule has 1 atom stereocenters. The minimum absolute atomic E-state index is 0.602. The van der Waals surface area contributed by atoms with Gasteiger partial charge in [-0.05, 0) is 36.0 Å². The summed E-state index contributed by atoms with van der Waals surface area (Å²) >= 11 is 7.99. The standard InChI is InChI=1S/C15H19ClN2OS/c1-19-13-4-2-3-12-15(13)17-14(5-7-16)18(12)9-11-6-8-20-10-11/h2-4,11H,5-10H2,1H3. The van der Waals surface area contributed by atoms with Gasteiger partial charge in [-0.15, -0.1) is 11.6 Å². The summed E-state index contributed by atoms with van der Waals surface area (Å²) in [5, 5.41) is 0. The smallest absolute Gasteiger partial charge is 0.146 e. The summed E-state index contributed by atoms with van der Waals surface area (Å²) in [6.45, 7) is 1.04. The lowest BCUT2D eigenvalue weighted by molar-refractivity contribution is 0.419. The van der Waals surface area contributed by atoms with Gasteiger partial charge in [0.25, 0.3) is 0 Å². The Labute approximate surface area is 128 Å². The van der Waals surface area contributed by atoms with Gasteiger partial charge >= 0.3 is 0 Å². The van der Waals surface area contributed by atoms with E-state index in [1.165, 1.54) is 23.4 Å². The summed E-state index contributed by atoms with van der Waals surface area (Å²) in [5.74, 6) is 5.81. The van der Waals surface area contributed by atoms with Crippen LogP contribution in [0.4, 0.5) is 0 Å². The number of imidazole rings is 1. The Bertz CT molecular complexity index is 593. The fraction of sp³-hybridized carbons (Fsp3) is 0.533. The molecule has 108 valence electrons. The molecule has 3 nitrogen and oxygen atoms in total. The van der Waals surface area contributed by atoms with Crippen LogP contribution in [0.25, 0.3) is 11.0 Å². The van der Waals surface area contributed by atoms with E-state index in [0.717, 1.165) is 36.0 Å². The van der Waals surface area contributed by atoms with Gasteiger partial charge in [0.15, 0.2) is 0 Å². The van der Waals surface area contributed by atoms with Gasteiger partial charge in [0, 0.05) is 18.8 Å². The first-order valence-electron chi connectivity index (χ1n) is 6.99. The zero-order chi connectivity index (χ0) is 13.9. The third-order valence-electron chi connectivity index (χ3n) is 3.82. The van der Waals surface area contributed by atoms with E-state index in [1.54, 1.807) is 7.11 Å². The normalized spacial score (nSPS) is 18.8. The van der Waals surface area contributed by atoms with Gasteiger partial charge < -0.3 is 9.30 Å². The lowest BCUT2D eigenvalue weighted by Gasteiger charge is -2.13. The van der Waals surface area contributed by atoms with Gasteiger partial charge in [0.05, 0.1) is 12.6 Å². The second-order valence-corrected chi connectivity index (χ2v) is 6.66. The first-order chi connectivity index (χ1) is 9.83. The third-order valence-corrected chi connectivity index (χ3v) is 5.24. The van der Waals surface area contributed by atoms with Crippen molar-refractivity contribution in [3.63, 3.8) is 0 Å². The number of rotatable bonds is 5. The predicted octanol–water partition coefficient (Wildman–Crippen LogP) is 3.58. The van der Waals surface area contributed by atoms with Crippen LogP contribution in [0, 0.1) is 5.92 Å². The monoisotopic (exact) mass is 310 g/mol. The Morgan fingerprint density at radius 2 is 2.40 bits per heavy atom. The molecule has 0 saturated carbocycles. The number of nitrogens with zero attached hydrogens (tertiary/aromatic N) is 2. The van der Waals surface area contributed by atoms with Crippen molar-refractivity contribution in [3.8, 4) is 5.75 Å². The van der Waals surface area contributed by atoms with Gasteiger partial charge in [-0.3, -0.25) is 0 Å². The van der Waals surface area contributed by atoms with E-state index in [4.69, 9.17) is 21.3 Å². The second-order valence-electron chi connectivity index (χ2n) is 5.14. The van der Waals surface area contributed by atoms with Crippen LogP contribution in [-0.4, -0.2) is 34.0 Å². The molecule has 0 amide bonds. The molecule has 0 N–H and O–H groups in total. The largest absolute Gasteiger partial charge is 0.494 e. The van der Waals surface area contributed by atoms with Crippen LogP contribution < -0.4 is 4.74 Å². The second kappa shape index (κ2) is 6.27. The number of benzene rings is 1. The molecule has 2 aromatic rings. The molecule has 1 aliphatic heterocycles. The van der Waals surface area contributed by atoms with Crippen LogP contribution in [0.15, 0.2) is 18.2 Å². The van der Waals surface area contributed by atoms with E-state index in [9.17, 15) is 0 Å². The number of ether oxygens (including phenoxy) is 1. The van der Waals surface area contributed by atoms with Crippen molar-refractivity contribution < 1.29 is 4.74 Å². The number of aromatic nitrogens is 2. The minimum atomic E-state index is 0.602. The highest BCUT2D eigenvalue weighted by atomic mass is 35.5. The molecule has 5 heteroatoms. The van der Waals surface area contributed by atoms with E-state index in [2.05, 4.69) is 22.4 Å². The van der Waals surface area contributed by atoms with E-state index < -0.39 is 0 Å². The Kier molecular flexibility index (Phi) is 4.41. The summed E-state index contributed by atoms with van der Waals surface area (Å²) in [4.78, 5) is 4.76. The molecule has 1 aliphatic rings. The van der Waals surface area contributed by atoms with E-state index in [-0.39, 0.29) is 0 Å². The summed E-state index contributed by atoms with van der Waals surface area (Å²) in [6, 6.07) is 6.13. The average Bonchev–Trinajstić information content (AvgIpc) is 3.08. The summed E-state index contributed by atoms with van der Waals surface area (Å²) in [7, 11) is 1.70. The summed E-state index contributed by atoms with van der Waals surface area (Å²) < 4.78 is 7.78. The Morgan fingerprint density at radius 3 is 3.10 bits per heavy atom. The van der Waals surface area contributed by atoms with Gasteiger partial charge in [-0.25, -0.2) is 4.98 Å². The Hall–Kier alpha value is -0.870. The number of alkyl halides is 1. The summed E-state index contributed by atoms with van der Waals surface area (Å²) in [6.07, 6.45) is 2.11. The SMILES string of the molecule is COc1cccc2c1nc(CCCl)n2CC1CCSC1. The van der Waals surface area contributed by atoms with Crippen molar-refractivity contribution >= 4 is 34.4 Å². The molecule has 2 heterocycles. The zero-order valence-electron chi connectivity index (χ0n) is 11.6. The molecule has 1 aromatic carbocycles. The molecule has 3 rings (SSSR count). The molecule has 20 heavy (non-hydrogen) atoms. The van der Waals surface area contributed by atoms with Crippen LogP contribution in [-0.2, 0) is 13.0 Å². The minimum Gasteiger partial charge on any atom is -0.494 e. The molecule has 0 aliphatic carbocycles. The maximum absolute atomic E-state index is 5.94. The number of aryl methyl sites for hydroxylation is 1. The molecule has 1 aromatic heterocycles. The Balaban J connectivity index is 2.03. The van der Waals surface area contributed by atoms with Crippen LogP contribution in [0.3, 0.4) is 0 Å². The van der Waals surface area contributed by atoms with Gasteiger partial charge in [-0.2, -0.15) is 11.8 Å². The fourth-order valence-corrected chi connectivity index (χ4v) is 4.24. The number of hydrogen-bond donors (Lipinski definition) is 0. The van der Waals surface area contributed by atoms with Crippen LogP contribution in [0.2, 0.25) is 0 Å². The van der Waals surface area contributed by atoms with E-state index >= 15 is 0 Å². The van der Waals surface area contributed by atoms with Gasteiger partial charge in [0.2, 0.25) is 0 Å². The average molecular weight is 311 g/mol. The number of thioether (sulfide) groups is 1. The number of fused-ring (bicyclic) bond motifs is 1. The first kappa shape index (κ1) is 14.1. The van der Waals surface area contributed by atoms with Gasteiger partial charge in [0.1, 0.15) is 17.1 Å². The quantitative estimate of drug-likeness (QED) is 0.790. The molecule has 0 radical (unpaired) electrons. The highest BCUT2D eigenvalue weighted by Crippen LogP contribution is 2.30. The number of methoxy groups -OCH3 is 1. The van der Waals surface area contributed by atoms with E-state index in [1.807, 2.05) is 12.1 Å². The van der Waals surface area contributed by atoms with Crippen LogP contribution in [0.5, 0.6) is 5.75 Å². The summed E-state index contributed by atoms with van der Waals surface area (Å²) in [5.41, 5.74) is 2.13. The van der Waals surface area contributed by atoms with Crippen molar-refractivity contribution in [2.75, 3.05) is 24.5 Å². The zero-order valence-corrected chi connectivity index (χ0v) is 13.2. The van der Waals surface area contributed by atoms with Crippen molar-refractivity contribution in [1.29, 1.82) is 0 Å². The highest BCUT2D eigenvalue weighted by molar-refractivity contribution is 7.99. The lowest BCUT2D eigenvalue weighted by Crippen LogP contribution is -2.13. The molecule has 0 spiro atoms. The fourth-order valence-electron chi connectivity index (χ4n) is 2.80. The molecular formula is C15H19ClN2OS. The lowest BCUT2D eigenvalue weighted by atomic mass is 10.1. The van der Waals surface area contributed by atoms with Crippen LogP contribution >= 0.6 is 23.4 Å². The van der Waals surface area contributed by atoms with Gasteiger partial charge in [-0.1, -0.05) is 6.07 Å². The third kappa shape index (κ3) is 2.63. The molecule has 1 unspecified atom stereocenters. The maximum atomic E-state index is 5.94. The molecule has 1 saturated heterocycles. The molecule has 1 fully saturated rings. The van der Waals surface area contributed by atoms with Crippen molar-refractivity contribution in [2.24, 2.45) is 5.92 Å². The number of para-hydroxylation sites is 1. The molecule has 0 bridgehead atoms. The van der Waals surface area contributed by atoms with Crippen molar-refractivity contribution in [1.82, 2.24) is 9.55 Å². The van der Waals surface area contributed by atoms with E-state index in [0.29, 0.717) is 5.88 Å². The van der Waals surface area contributed by atoms with Crippen molar-refractivity contribution in [3.05, 3.63) is 24.0 Å². The maximum Gasteiger partial charge on any atom is 0.146 e. The molecular weight excluding hydrogens is 292 g/mol. The topological polar surface area (TPSA) is 27.1 Å². The van der Waals surface area contributed by atoms with Crippen molar-refractivity contribution in [2.45, 2.75) is 19.4 Å². The Morgan fingerprint density at radius 1 is 1.50 bits per heavy atom. The predicted molar refractivity (Wildman–Crippen MR) is 86.1 cm³/mol. The number of hydrogen-bond acceptors (Lipinski definition) is 3. The number of halogens is 1. The highest BCUT2D eigenvalue weighted by Gasteiger charge is 2.20. The first-order valence-corrected chi connectivity index (χ1v) is 8.68.